The average molecular weight is 265 g/mol. The third-order valence-electron chi connectivity index (χ3n) is 2.95. The Kier molecular flexibility index (Phi) is 6.53. The third kappa shape index (κ3) is 5.01. The SMILES string of the molecule is CCOc1ccc(C(=O)CN(CCO)C(C)C)cc1. The number of aliphatic hydroxyl groups excluding tert-OH is 1. The van der Waals surface area contributed by atoms with E-state index in [2.05, 4.69) is 0 Å². The summed E-state index contributed by atoms with van der Waals surface area (Å²) in [7, 11) is 0. The minimum atomic E-state index is 0.0604. The molecule has 1 aromatic carbocycles. The number of hydrogen-bond acceptors (Lipinski definition) is 4. The molecule has 0 unspecified atom stereocenters. The molecule has 1 N–H and O–H groups in total. The lowest BCUT2D eigenvalue weighted by Gasteiger charge is -2.24. The van der Waals surface area contributed by atoms with Gasteiger partial charge >= 0.3 is 0 Å². The molecule has 106 valence electrons. The lowest BCUT2D eigenvalue weighted by atomic mass is 10.1. The Balaban J connectivity index is 2.66. The number of carbonyl (C=O) groups is 1. The van der Waals surface area contributed by atoms with E-state index >= 15 is 0 Å². The zero-order chi connectivity index (χ0) is 14.3. The number of rotatable bonds is 8. The van der Waals surface area contributed by atoms with Gasteiger partial charge in [-0.25, -0.2) is 0 Å². The second kappa shape index (κ2) is 7.92. The number of ether oxygens (including phenoxy) is 1. The summed E-state index contributed by atoms with van der Waals surface area (Å²) in [5, 5.41) is 8.99. The number of aliphatic hydroxyl groups is 1. The van der Waals surface area contributed by atoms with Crippen LogP contribution in [0.5, 0.6) is 5.75 Å². The number of Topliss-reactive ketones (excluding diaryl/α,β-unsaturated/α-hetero) is 1. The van der Waals surface area contributed by atoms with Crippen LogP contribution >= 0.6 is 0 Å². The molecular formula is C15H23NO3. The Morgan fingerprint density at radius 3 is 2.42 bits per heavy atom. The molecule has 0 fully saturated rings. The molecular weight excluding hydrogens is 242 g/mol. The first kappa shape index (κ1) is 15.7. The molecule has 0 aliphatic heterocycles. The van der Waals surface area contributed by atoms with Crippen molar-refractivity contribution in [2.24, 2.45) is 0 Å². The third-order valence-corrected chi connectivity index (χ3v) is 2.95. The summed E-state index contributed by atoms with van der Waals surface area (Å²) in [6.45, 7) is 7.48. The summed E-state index contributed by atoms with van der Waals surface area (Å²) in [6, 6.07) is 7.42. The van der Waals surface area contributed by atoms with Gasteiger partial charge in [0.05, 0.1) is 19.8 Å². The lowest BCUT2D eigenvalue weighted by molar-refractivity contribution is 0.0881. The highest BCUT2D eigenvalue weighted by Gasteiger charge is 2.14. The van der Waals surface area contributed by atoms with E-state index in [-0.39, 0.29) is 18.4 Å². The molecule has 0 heterocycles. The van der Waals surface area contributed by atoms with E-state index in [0.29, 0.717) is 25.3 Å². The Morgan fingerprint density at radius 2 is 1.95 bits per heavy atom. The average Bonchev–Trinajstić information content (AvgIpc) is 2.39. The van der Waals surface area contributed by atoms with Crippen molar-refractivity contribution in [2.75, 3.05) is 26.3 Å². The number of hydrogen-bond donors (Lipinski definition) is 1. The quantitative estimate of drug-likeness (QED) is 0.730. The molecule has 0 amide bonds. The molecule has 0 radical (unpaired) electrons. The van der Waals surface area contributed by atoms with Crippen molar-refractivity contribution in [1.82, 2.24) is 4.90 Å². The number of ketones is 1. The molecule has 0 atom stereocenters. The summed E-state index contributed by atoms with van der Waals surface area (Å²) < 4.78 is 5.34. The fourth-order valence-corrected chi connectivity index (χ4v) is 1.83. The maximum Gasteiger partial charge on any atom is 0.176 e. The summed E-state index contributed by atoms with van der Waals surface area (Å²) in [5.41, 5.74) is 0.673. The summed E-state index contributed by atoms with van der Waals surface area (Å²) in [5.74, 6) is 0.834. The molecule has 0 aliphatic rings. The minimum absolute atomic E-state index is 0.0604. The Hall–Kier alpha value is -1.39. The van der Waals surface area contributed by atoms with E-state index in [0.717, 1.165) is 5.75 Å². The molecule has 1 rings (SSSR count). The molecule has 0 aliphatic carbocycles. The van der Waals surface area contributed by atoms with Gasteiger partial charge in [-0.05, 0) is 45.0 Å². The van der Waals surface area contributed by atoms with Gasteiger partial charge in [-0.1, -0.05) is 0 Å². The molecule has 0 aromatic heterocycles. The fraction of sp³-hybridized carbons (Fsp3) is 0.533. The molecule has 4 nitrogen and oxygen atoms in total. The summed E-state index contributed by atoms with van der Waals surface area (Å²) in [6.07, 6.45) is 0. The summed E-state index contributed by atoms with van der Waals surface area (Å²) in [4.78, 5) is 14.1. The monoisotopic (exact) mass is 265 g/mol. The molecule has 4 heteroatoms. The van der Waals surface area contributed by atoms with Crippen molar-refractivity contribution in [2.45, 2.75) is 26.8 Å². The van der Waals surface area contributed by atoms with E-state index in [4.69, 9.17) is 9.84 Å². The van der Waals surface area contributed by atoms with Crippen LogP contribution < -0.4 is 4.74 Å². The molecule has 0 spiro atoms. The van der Waals surface area contributed by atoms with Gasteiger partial charge in [0.25, 0.3) is 0 Å². The van der Waals surface area contributed by atoms with Crippen LogP contribution in [0.15, 0.2) is 24.3 Å². The zero-order valence-electron chi connectivity index (χ0n) is 11.9. The molecule has 0 saturated carbocycles. The smallest absolute Gasteiger partial charge is 0.176 e. The van der Waals surface area contributed by atoms with Gasteiger partial charge in [-0.2, -0.15) is 0 Å². The van der Waals surface area contributed by atoms with Gasteiger partial charge in [0.2, 0.25) is 0 Å². The van der Waals surface area contributed by atoms with E-state index in [9.17, 15) is 4.79 Å². The first-order valence-corrected chi connectivity index (χ1v) is 6.69. The maximum absolute atomic E-state index is 12.1. The second-order valence-corrected chi connectivity index (χ2v) is 4.67. The topological polar surface area (TPSA) is 49.8 Å². The second-order valence-electron chi connectivity index (χ2n) is 4.67. The van der Waals surface area contributed by atoms with Crippen LogP contribution in [0.3, 0.4) is 0 Å². The van der Waals surface area contributed by atoms with Crippen LogP contribution in [-0.4, -0.2) is 48.1 Å². The highest BCUT2D eigenvalue weighted by molar-refractivity contribution is 5.97. The van der Waals surface area contributed by atoms with Gasteiger partial charge in [0, 0.05) is 18.2 Å². The maximum atomic E-state index is 12.1. The van der Waals surface area contributed by atoms with Gasteiger partial charge < -0.3 is 9.84 Å². The zero-order valence-corrected chi connectivity index (χ0v) is 11.9. The normalized spacial score (nSPS) is 11.1. The van der Waals surface area contributed by atoms with Crippen LogP contribution in [0.25, 0.3) is 0 Å². The molecule has 0 bridgehead atoms. The van der Waals surface area contributed by atoms with Crippen LogP contribution in [-0.2, 0) is 0 Å². The van der Waals surface area contributed by atoms with Crippen molar-refractivity contribution in [1.29, 1.82) is 0 Å². The molecule has 1 aromatic rings. The van der Waals surface area contributed by atoms with Crippen LogP contribution in [0.4, 0.5) is 0 Å². The first-order chi connectivity index (χ1) is 9.08. The Morgan fingerprint density at radius 1 is 1.32 bits per heavy atom. The van der Waals surface area contributed by atoms with Gasteiger partial charge in [-0.15, -0.1) is 0 Å². The van der Waals surface area contributed by atoms with E-state index in [1.807, 2.05) is 37.8 Å². The number of nitrogens with zero attached hydrogens (tertiary/aromatic N) is 1. The standard InChI is InChI=1S/C15H23NO3/c1-4-19-14-7-5-13(6-8-14)15(18)11-16(9-10-17)12(2)3/h5-8,12,17H,4,9-11H2,1-3H3. The Labute approximate surface area is 115 Å². The van der Waals surface area contributed by atoms with Gasteiger partial charge in [0.1, 0.15) is 5.75 Å². The molecule has 19 heavy (non-hydrogen) atoms. The highest BCUT2D eigenvalue weighted by atomic mass is 16.5. The number of benzene rings is 1. The first-order valence-electron chi connectivity index (χ1n) is 6.69. The minimum Gasteiger partial charge on any atom is -0.494 e. The van der Waals surface area contributed by atoms with Crippen molar-refractivity contribution >= 4 is 5.78 Å². The number of carbonyl (C=O) groups excluding carboxylic acids is 1. The highest BCUT2D eigenvalue weighted by Crippen LogP contribution is 2.13. The summed E-state index contributed by atoms with van der Waals surface area (Å²) >= 11 is 0. The largest absolute Gasteiger partial charge is 0.494 e. The van der Waals surface area contributed by atoms with E-state index in [1.165, 1.54) is 0 Å². The van der Waals surface area contributed by atoms with Crippen molar-refractivity contribution in [3.63, 3.8) is 0 Å². The fourth-order valence-electron chi connectivity index (χ4n) is 1.83. The van der Waals surface area contributed by atoms with Crippen molar-refractivity contribution in [3.05, 3.63) is 29.8 Å². The van der Waals surface area contributed by atoms with Gasteiger partial charge in [0.15, 0.2) is 5.78 Å². The predicted octanol–water partition coefficient (Wildman–Crippen LogP) is 1.97. The van der Waals surface area contributed by atoms with E-state index < -0.39 is 0 Å². The van der Waals surface area contributed by atoms with E-state index in [1.54, 1.807) is 12.1 Å². The predicted molar refractivity (Wildman–Crippen MR) is 75.7 cm³/mol. The molecule has 0 saturated heterocycles. The van der Waals surface area contributed by atoms with Gasteiger partial charge in [-0.3, -0.25) is 9.69 Å². The van der Waals surface area contributed by atoms with Crippen LogP contribution in [0.2, 0.25) is 0 Å². The lowest BCUT2D eigenvalue weighted by Crippen LogP contribution is -2.37. The van der Waals surface area contributed by atoms with Crippen molar-refractivity contribution in [3.8, 4) is 5.75 Å². The van der Waals surface area contributed by atoms with Crippen LogP contribution in [0.1, 0.15) is 31.1 Å². The van der Waals surface area contributed by atoms with Crippen LogP contribution in [0, 0.1) is 0 Å². The Bertz CT molecular complexity index is 387. The van der Waals surface area contributed by atoms with Crippen molar-refractivity contribution < 1.29 is 14.6 Å².